The van der Waals surface area contributed by atoms with Gasteiger partial charge in [-0.25, -0.2) is 0 Å². The highest BCUT2D eigenvalue weighted by atomic mass is 32.2. The molecule has 3 aromatic rings. The average molecular weight is 385 g/mol. The number of hydrogen-bond acceptors (Lipinski definition) is 3. The molecule has 0 unspecified atom stereocenters. The fourth-order valence-electron chi connectivity index (χ4n) is 3.65. The Labute approximate surface area is 162 Å². The van der Waals surface area contributed by atoms with Gasteiger partial charge in [0.2, 0.25) is 5.78 Å². The number of carbonyl (C=O) groups excluding carboxylic acids is 1. The number of benzene rings is 2. The second kappa shape index (κ2) is 8.12. The molecule has 0 N–H and O–H groups in total. The van der Waals surface area contributed by atoms with Crippen LogP contribution in [0.4, 0.5) is 0 Å². The van der Waals surface area contributed by atoms with Crippen molar-refractivity contribution in [2.45, 2.75) is 19.8 Å². The topological polar surface area (TPSA) is 20.3 Å². The fraction of sp³-hybridized carbons (Fsp3) is 0.409. The van der Waals surface area contributed by atoms with Crippen molar-refractivity contribution in [3.8, 4) is 0 Å². The van der Waals surface area contributed by atoms with Gasteiger partial charge in [0.1, 0.15) is 11.5 Å². The number of rotatable bonds is 6. The van der Waals surface area contributed by atoms with Crippen molar-refractivity contribution in [2.24, 2.45) is 0 Å². The van der Waals surface area contributed by atoms with Gasteiger partial charge in [0.25, 0.3) is 0 Å². The van der Waals surface area contributed by atoms with E-state index in [0.717, 1.165) is 11.3 Å². The van der Waals surface area contributed by atoms with Crippen molar-refractivity contribution in [3.05, 3.63) is 48.0 Å². The Morgan fingerprint density at radius 1 is 1.08 bits per heavy atom. The molecule has 4 heteroatoms. The van der Waals surface area contributed by atoms with Gasteiger partial charge in [0, 0.05) is 38.8 Å². The van der Waals surface area contributed by atoms with Gasteiger partial charge < -0.3 is 0 Å². The van der Waals surface area contributed by atoms with Gasteiger partial charge in [-0.05, 0) is 48.1 Å². The average Bonchev–Trinajstić information content (AvgIpc) is 3.05. The molecule has 0 bridgehead atoms. The van der Waals surface area contributed by atoms with Crippen LogP contribution >= 0.6 is 11.3 Å². The highest BCUT2D eigenvalue weighted by molar-refractivity contribution is 7.97. The number of hydrogen-bond donors (Lipinski definition) is 0. The first kappa shape index (κ1) is 18.0. The molecule has 0 atom stereocenters. The zero-order valence-electron chi connectivity index (χ0n) is 15.4. The molecule has 1 aromatic heterocycles. The number of Topliss-reactive ketones (excluding diaryl/α,β-unsaturated/α-hetero) is 1. The van der Waals surface area contributed by atoms with Crippen LogP contribution in [-0.4, -0.2) is 47.6 Å². The number of thiophene rings is 1. The predicted octanol–water partition coefficient (Wildman–Crippen LogP) is 4.97. The summed E-state index contributed by atoms with van der Waals surface area (Å²) in [5.41, 5.74) is 0.891. The minimum absolute atomic E-state index is 0.259. The van der Waals surface area contributed by atoms with E-state index in [1.807, 2.05) is 17.4 Å². The predicted molar refractivity (Wildman–Crippen MR) is 117 cm³/mol. The Morgan fingerprint density at radius 3 is 2.65 bits per heavy atom. The third-order valence-electron chi connectivity index (χ3n) is 5.25. The summed E-state index contributed by atoms with van der Waals surface area (Å²) < 4.78 is 2.57. The maximum Gasteiger partial charge on any atom is 0.211 e. The molecule has 0 amide bonds. The molecule has 0 saturated carbocycles. The Bertz CT molecular complexity index is 909. The molecular weight excluding hydrogens is 358 g/mol. The zero-order valence-corrected chi connectivity index (χ0v) is 17.0. The summed E-state index contributed by atoms with van der Waals surface area (Å²) in [4.78, 5) is 15.4. The van der Waals surface area contributed by atoms with E-state index in [9.17, 15) is 4.79 Å². The lowest BCUT2D eigenvalue weighted by Crippen LogP contribution is -2.42. The van der Waals surface area contributed by atoms with Crippen LogP contribution in [0, 0.1) is 0 Å². The standard InChI is InChI=1S/C22H26NOS2/c1-2-3-10-23-11-13-26(14-12-23)16-20(24)17-8-9-22-19(15-17)18-6-4-5-7-21(18)25-22/h4-9,15H,2-3,10-14,16H2,1H3/q+1. The van der Waals surface area contributed by atoms with E-state index in [0.29, 0.717) is 5.78 Å². The van der Waals surface area contributed by atoms with Crippen molar-refractivity contribution >= 4 is 48.2 Å². The summed E-state index contributed by atoms with van der Waals surface area (Å²) in [6.45, 7) is 5.82. The van der Waals surface area contributed by atoms with E-state index in [1.165, 1.54) is 64.2 Å². The number of carbonyl (C=O) groups is 1. The fourth-order valence-corrected chi connectivity index (χ4v) is 6.80. The normalized spacial score (nSPS) is 16.5. The largest absolute Gasteiger partial charge is 0.294 e. The van der Waals surface area contributed by atoms with Gasteiger partial charge in [-0.15, -0.1) is 11.3 Å². The van der Waals surface area contributed by atoms with Crippen LogP contribution in [0.3, 0.4) is 0 Å². The van der Waals surface area contributed by atoms with Gasteiger partial charge in [-0.2, -0.15) is 0 Å². The van der Waals surface area contributed by atoms with Gasteiger partial charge >= 0.3 is 0 Å². The first-order valence-corrected chi connectivity index (χ1v) is 12.1. The maximum absolute atomic E-state index is 12.9. The molecule has 4 rings (SSSR count). The Morgan fingerprint density at radius 2 is 1.85 bits per heavy atom. The highest BCUT2D eigenvalue weighted by Gasteiger charge is 2.29. The summed E-state index contributed by atoms with van der Waals surface area (Å²) in [5.74, 6) is 3.44. The first-order valence-electron chi connectivity index (χ1n) is 9.55. The highest BCUT2D eigenvalue weighted by Crippen LogP contribution is 2.34. The Balaban J connectivity index is 1.44. The molecular formula is C22H26NOS2+. The second-order valence-electron chi connectivity index (χ2n) is 7.09. The van der Waals surface area contributed by atoms with Crippen LogP contribution in [0.2, 0.25) is 0 Å². The molecule has 1 aliphatic heterocycles. The molecule has 2 aromatic carbocycles. The summed E-state index contributed by atoms with van der Waals surface area (Å²) in [7, 11) is 0.259. The SMILES string of the molecule is CCCCN1CC[S+](CC(=O)c2ccc3sc4ccccc4c3c2)CC1. The van der Waals surface area contributed by atoms with Gasteiger partial charge in [-0.3, -0.25) is 9.69 Å². The number of ketones is 1. The number of fused-ring (bicyclic) bond motifs is 3. The lowest BCUT2D eigenvalue weighted by atomic mass is 10.1. The van der Waals surface area contributed by atoms with Gasteiger partial charge in [-0.1, -0.05) is 31.5 Å². The summed E-state index contributed by atoms with van der Waals surface area (Å²) in [5, 5.41) is 2.50. The zero-order chi connectivity index (χ0) is 17.9. The molecule has 2 nitrogen and oxygen atoms in total. The molecule has 136 valence electrons. The lowest BCUT2D eigenvalue weighted by Gasteiger charge is -2.26. The van der Waals surface area contributed by atoms with Crippen LogP contribution < -0.4 is 0 Å². The lowest BCUT2D eigenvalue weighted by molar-refractivity contribution is 0.102. The third kappa shape index (κ3) is 3.83. The van der Waals surface area contributed by atoms with Crippen molar-refractivity contribution in [1.82, 2.24) is 4.90 Å². The van der Waals surface area contributed by atoms with E-state index < -0.39 is 0 Å². The monoisotopic (exact) mass is 384 g/mol. The van der Waals surface area contributed by atoms with Crippen molar-refractivity contribution in [1.29, 1.82) is 0 Å². The van der Waals surface area contributed by atoms with Crippen LogP contribution in [0.1, 0.15) is 30.1 Å². The number of unbranched alkanes of at least 4 members (excludes halogenated alkanes) is 1. The smallest absolute Gasteiger partial charge is 0.211 e. The van der Waals surface area contributed by atoms with Gasteiger partial charge in [0.15, 0.2) is 5.75 Å². The first-order chi connectivity index (χ1) is 12.7. The Hall–Kier alpha value is -1.36. The summed E-state index contributed by atoms with van der Waals surface area (Å²) in [6.07, 6.45) is 2.56. The molecule has 2 heterocycles. The van der Waals surface area contributed by atoms with Crippen molar-refractivity contribution < 1.29 is 4.79 Å². The van der Waals surface area contributed by atoms with E-state index in [2.05, 4.69) is 48.2 Å². The minimum Gasteiger partial charge on any atom is -0.294 e. The molecule has 1 aliphatic rings. The van der Waals surface area contributed by atoms with E-state index in [-0.39, 0.29) is 10.9 Å². The van der Waals surface area contributed by atoms with Gasteiger partial charge in [0.05, 0.1) is 0 Å². The van der Waals surface area contributed by atoms with Crippen molar-refractivity contribution in [3.63, 3.8) is 0 Å². The van der Waals surface area contributed by atoms with Crippen LogP contribution in [0.25, 0.3) is 20.2 Å². The number of nitrogens with zero attached hydrogens (tertiary/aromatic N) is 1. The quantitative estimate of drug-likeness (QED) is 0.442. The molecule has 0 aliphatic carbocycles. The third-order valence-corrected chi connectivity index (χ3v) is 8.60. The summed E-state index contributed by atoms with van der Waals surface area (Å²) in [6, 6.07) is 14.8. The van der Waals surface area contributed by atoms with Crippen LogP contribution in [0.15, 0.2) is 42.5 Å². The minimum atomic E-state index is 0.259. The summed E-state index contributed by atoms with van der Waals surface area (Å²) >= 11 is 1.81. The molecule has 26 heavy (non-hydrogen) atoms. The molecule has 0 spiro atoms. The van der Waals surface area contributed by atoms with Crippen LogP contribution in [0.5, 0.6) is 0 Å². The molecule has 0 radical (unpaired) electrons. The molecule has 1 saturated heterocycles. The van der Waals surface area contributed by atoms with Crippen LogP contribution in [-0.2, 0) is 10.9 Å². The Kier molecular flexibility index (Phi) is 5.63. The van der Waals surface area contributed by atoms with E-state index in [4.69, 9.17) is 0 Å². The van der Waals surface area contributed by atoms with Crippen molar-refractivity contribution in [2.75, 3.05) is 36.9 Å². The molecule has 1 fully saturated rings. The van der Waals surface area contributed by atoms with E-state index >= 15 is 0 Å². The maximum atomic E-state index is 12.9. The second-order valence-corrected chi connectivity index (χ2v) is 10.5. The van der Waals surface area contributed by atoms with E-state index in [1.54, 1.807) is 0 Å².